The Balaban J connectivity index is 0.624. The summed E-state index contributed by atoms with van der Waals surface area (Å²) in [5.41, 5.74) is -0.112. The summed E-state index contributed by atoms with van der Waals surface area (Å²) in [5, 5.41) is 6.38. The van der Waals surface area contributed by atoms with Crippen LogP contribution < -0.4 is 10.6 Å². The molecule has 0 unspecified atom stereocenters. The molecule has 0 aromatic rings. The van der Waals surface area contributed by atoms with Gasteiger partial charge >= 0.3 is 24.1 Å². The second kappa shape index (κ2) is 22.6. The summed E-state index contributed by atoms with van der Waals surface area (Å²) in [6.07, 6.45) is 13.3. The van der Waals surface area contributed by atoms with Gasteiger partial charge in [0.1, 0.15) is 32.8 Å². The number of nitrogens with one attached hydrogen (secondary N) is 2. The quantitative estimate of drug-likeness (QED) is 0.0501. The molecule has 324 valence electrons. The molecule has 0 atom stereocenters. The standard InChI is InChI=1S/C41H66N2O14/c44-36(54-13-9-50-5-1-48-3-7-52-11-15-56-38(46)42-40-24-30-17-31(25-40)19-32(18-30)26-40)23-37(45)55-14-10-51-6-2-49-4-8-53-12-16-57-39(47)43-41-27-33-20-34(28-41)22-35(21-33)29-41/h30-35H,1-29H2,(H,42,46)(H,43,47). The smallest absolute Gasteiger partial charge is 0.407 e. The molecule has 0 heterocycles. The van der Waals surface area contributed by atoms with E-state index in [-0.39, 0.29) is 62.9 Å². The number of carbonyl (C=O) groups excluding carboxylic acids is 4. The van der Waals surface area contributed by atoms with E-state index in [0.717, 1.165) is 74.0 Å². The van der Waals surface area contributed by atoms with Crippen LogP contribution in [0.2, 0.25) is 0 Å². The van der Waals surface area contributed by atoms with Crippen LogP contribution in [0.3, 0.4) is 0 Å². The van der Waals surface area contributed by atoms with Gasteiger partial charge < -0.3 is 58.0 Å². The van der Waals surface area contributed by atoms with Gasteiger partial charge in [0.25, 0.3) is 0 Å². The Morgan fingerprint density at radius 1 is 0.351 bits per heavy atom. The lowest BCUT2D eigenvalue weighted by atomic mass is 9.53. The van der Waals surface area contributed by atoms with E-state index in [1.807, 2.05) is 0 Å². The first kappa shape index (κ1) is 43.8. The van der Waals surface area contributed by atoms with Crippen LogP contribution in [-0.2, 0) is 57.0 Å². The van der Waals surface area contributed by atoms with E-state index < -0.39 is 18.4 Å². The summed E-state index contributed by atoms with van der Waals surface area (Å²) in [7, 11) is 0. The van der Waals surface area contributed by atoms with Gasteiger partial charge in [-0.05, 0) is 113 Å². The first-order valence-electron chi connectivity index (χ1n) is 21.4. The predicted molar refractivity (Wildman–Crippen MR) is 202 cm³/mol. The van der Waals surface area contributed by atoms with Gasteiger partial charge in [0.15, 0.2) is 0 Å². The van der Waals surface area contributed by atoms with E-state index in [9.17, 15) is 19.2 Å². The van der Waals surface area contributed by atoms with Crippen molar-refractivity contribution in [3.63, 3.8) is 0 Å². The van der Waals surface area contributed by atoms with Gasteiger partial charge in [0.2, 0.25) is 0 Å². The molecular weight excluding hydrogens is 744 g/mol. The first-order chi connectivity index (χ1) is 27.8. The van der Waals surface area contributed by atoms with Crippen LogP contribution in [0, 0.1) is 35.5 Å². The number of esters is 2. The van der Waals surface area contributed by atoms with Crippen molar-refractivity contribution >= 4 is 24.1 Å². The lowest BCUT2D eigenvalue weighted by Crippen LogP contribution is -2.60. The van der Waals surface area contributed by atoms with Gasteiger partial charge in [0, 0.05) is 11.1 Å². The maximum atomic E-state index is 12.4. The molecule has 8 aliphatic rings. The molecule has 2 amide bonds. The van der Waals surface area contributed by atoms with Crippen molar-refractivity contribution in [1.82, 2.24) is 10.6 Å². The van der Waals surface area contributed by atoms with E-state index in [1.165, 1.54) is 38.5 Å². The summed E-state index contributed by atoms with van der Waals surface area (Å²) in [5.74, 6) is 3.17. The molecule has 16 nitrogen and oxygen atoms in total. The number of alkyl carbamates (subject to hydrolysis) is 2. The zero-order valence-electron chi connectivity index (χ0n) is 33.7. The molecule has 0 spiro atoms. The Kier molecular flexibility index (Phi) is 17.3. The molecule has 2 N–H and O–H groups in total. The molecule has 8 fully saturated rings. The van der Waals surface area contributed by atoms with Crippen molar-refractivity contribution < 1.29 is 66.5 Å². The second-order valence-corrected chi connectivity index (χ2v) is 17.2. The van der Waals surface area contributed by atoms with Crippen LogP contribution in [0.25, 0.3) is 0 Å². The normalized spacial score (nSPS) is 30.2. The van der Waals surface area contributed by atoms with E-state index in [4.69, 9.17) is 47.4 Å². The summed E-state index contributed by atoms with van der Waals surface area (Å²) in [4.78, 5) is 48.4. The lowest BCUT2D eigenvalue weighted by Gasteiger charge is -2.56. The van der Waals surface area contributed by atoms with Crippen LogP contribution >= 0.6 is 0 Å². The Bertz CT molecular complexity index is 1120. The summed E-state index contributed by atoms with van der Waals surface area (Å²) >= 11 is 0. The molecule has 0 saturated heterocycles. The van der Waals surface area contributed by atoms with Crippen molar-refractivity contribution in [2.24, 2.45) is 35.5 Å². The van der Waals surface area contributed by atoms with Gasteiger partial charge in [-0.3, -0.25) is 9.59 Å². The third-order valence-corrected chi connectivity index (χ3v) is 12.5. The Labute approximate surface area is 336 Å². The zero-order valence-corrected chi connectivity index (χ0v) is 33.7. The number of rotatable bonds is 28. The van der Waals surface area contributed by atoms with Crippen molar-refractivity contribution in [3.05, 3.63) is 0 Å². The van der Waals surface area contributed by atoms with E-state index >= 15 is 0 Å². The molecular formula is C41H66N2O14. The van der Waals surface area contributed by atoms with E-state index in [2.05, 4.69) is 10.6 Å². The molecule has 0 radical (unpaired) electrons. The van der Waals surface area contributed by atoms with Crippen molar-refractivity contribution in [2.45, 2.75) is 94.5 Å². The fraction of sp³-hybridized carbons (Fsp3) is 0.902. The predicted octanol–water partition coefficient (Wildman–Crippen LogP) is 3.95. The molecule has 8 bridgehead atoms. The van der Waals surface area contributed by atoms with E-state index in [1.54, 1.807) is 0 Å². The molecule has 8 aliphatic carbocycles. The van der Waals surface area contributed by atoms with Crippen molar-refractivity contribution in [2.75, 3.05) is 106 Å². The fourth-order valence-electron chi connectivity index (χ4n) is 11.2. The monoisotopic (exact) mass is 810 g/mol. The summed E-state index contributed by atoms with van der Waals surface area (Å²) in [6.45, 7) is 4.13. The second-order valence-electron chi connectivity index (χ2n) is 17.2. The maximum Gasteiger partial charge on any atom is 0.407 e. The molecule has 0 aromatic carbocycles. The third-order valence-electron chi connectivity index (χ3n) is 12.5. The fourth-order valence-corrected chi connectivity index (χ4v) is 11.2. The van der Waals surface area contributed by atoms with Crippen LogP contribution in [0.4, 0.5) is 9.59 Å². The summed E-state index contributed by atoms with van der Waals surface area (Å²) < 4.78 is 53.3. The van der Waals surface area contributed by atoms with Crippen LogP contribution in [0.5, 0.6) is 0 Å². The third kappa shape index (κ3) is 14.8. The maximum absolute atomic E-state index is 12.4. The molecule has 8 rings (SSSR count). The van der Waals surface area contributed by atoms with Crippen molar-refractivity contribution in [1.29, 1.82) is 0 Å². The highest BCUT2D eigenvalue weighted by molar-refractivity contribution is 5.91. The van der Waals surface area contributed by atoms with Gasteiger partial charge in [-0.25, -0.2) is 9.59 Å². The van der Waals surface area contributed by atoms with Crippen LogP contribution in [0.15, 0.2) is 0 Å². The van der Waals surface area contributed by atoms with Gasteiger partial charge in [0.05, 0.1) is 79.3 Å². The Morgan fingerprint density at radius 2 is 0.579 bits per heavy atom. The molecule has 8 saturated carbocycles. The van der Waals surface area contributed by atoms with Crippen LogP contribution in [-0.4, -0.2) is 141 Å². The minimum Gasteiger partial charge on any atom is -0.463 e. The topological polar surface area (TPSA) is 185 Å². The van der Waals surface area contributed by atoms with Gasteiger partial charge in [-0.15, -0.1) is 0 Å². The summed E-state index contributed by atoms with van der Waals surface area (Å²) in [6, 6.07) is 0. The number of amides is 2. The van der Waals surface area contributed by atoms with Crippen molar-refractivity contribution in [3.8, 4) is 0 Å². The average molecular weight is 811 g/mol. The molecule has 57 heavy (non-hydrogen) atoms. The SMILES string of the molecule is O=C(CC(=O)OCCOCCOCCOCCOC(=O)NC12CC3CC(CC(C3)C1)C2)OCCOCCOCCOCCOC(=O)NC12CC3CC(CC(C3)C1)C2. The Morgan fingerprint density at radius 3 is 0.842 bits per heavy atom. The highest BCUT2D eigenvalue weighted by Gasteiger charge is 2.53. The first-order valence-corrected chi connectivity index (χ1v) is 21.4. The minimum atomic E-state index is -0.699. The van der Waals surface area contributed by atoms with Gasteiger partial charge in [-0.1, -0.05) is 0 Å². The number of hydrogen-bond acceptors (Lipinski definition) is 14. The molecule has 0 aromatic heterocycles. The lowest BCUT2D eigenvalue weighted by molar-refractivity contribution is -0.156. The molecule has 0 aliphatic heterocycles. The number of carbonyl (C=O) groups is 4. The zero-order chi connectivity index (χ0) is 39.8. The minimum absolute atomic E-state index is 0.00622. The van der Waals surface area contributed by atoms with Gasteiger partial charge in [-0.2, -0.15) is 0 Å². The molecule has 16 heteroatoms. The van der Waals surface area contributed by atoms with Crippen LogP contribution in [0.1, 0.15) is 83.5 Å². The highest BCUT2D eigenvalue weighted by Crippen LogP contribution is 2.56. The van der Waals surface area contributed by atoms with E-state index in [0.29, 0.717) is 66.1 Å². The number of ether oxygens (including phenoxy) is 10. The highest BCUT2D eigenvalue weighted by atomic mass is 16.6. The average Bonchev–Trinajstić information content (AvgIpc) is 3.14. The largest absolute Gasteiger partial charge is 0.463 e. The number of hydrogen-bond donors (Lipinski definition) is 2. The Hall–Kier alpha value is -2.76.